The van der Waals surface area contributed by atoms with Gasteiger partial charge in [-0.2, -0.15) is 0 Å². The highest BCUT2D eigenvalue weighted by molar-refractivity contribution is 4.93. The predicted octanol–water partition coefficient (Wildman–Crippen LogP) is 2.87. The van der Waals surface area contributed by atoms with E-state index in [4.69, 9.17) is 5.73 Å². The molecule has 96 valence electrons. The van der Waals surface area contributed by atoms with Gasteiger partial charge < -0.3 is 5.73 Å². The Morgan fingerprint density at radius 1 is 1.38 bits per heavy atom. The van der Waals surface area contributed by atoms with Crippen LogP contribution in [0.1, 0.15) is 53.4 Å². The van der Waals surface area contributed by atoms with Crippen molar-refractivity contribution in [1.82, 2.24) is 4.90 Å². The third-order valence-electron chi connectivity index (χ3n) is 4.92. The van der Waals surface area contributed by atoms with Crippen LogP contribution in [0.5, 0.6) is 0 Å². The van der Waals surface area contributed by atoms with Gasteiger partial charge in [-0.25, -0.2) is 0 Å². The van der Waals surface area contributed by atoms with Crippen LogP contribution in [0.3, 0.4) is 0 Å². The molecule has 2 heteroatoms. The fourth-order valence-corrected chi connectivity index (χ4v) is 2.96. The van der Waals surface area contributed by atoms with Gasteiger partial charge in [0.1, 0.15) is 0 Å². The Balaban J connectivity index is 2.70. The average Bonchev–Trinajstić information content (AvgIpc) is 2.26. The van der Waals surface area contributed by atoms with E-state index in [2.05, 4.69) is 39.6 Å². The van der Waals surface area contributed by atoms with E-state index in [0.29, 0.717) is 5.92 Å². The van der Waals surface area contributed by atoms with Crippen LogP contribution in [0.4, 0.5) is 0 Å². The standard InChI is InChI=1S/C14H30N2/c1-11(2)14(4,10-15)16(5)13-8-6-7-12(3)9-13/h11-13H,6-10,15H2,1-5H3. The quantitative estimate of drug-likeness (QED) is 0.798. The van der Waals surface area contributed by atoms with Crippen molar-refractivity contribution in [2.45, 2.75) is 65.0 Å². The van der Waals surface area contributed by atoms with Crippen LogP contribution >= 0.6 is 0 Å². The molecule has 0 radical (unpaired) electrons. The molecule has 0 spiro atoms. The number of hydrogen-bond acceptors (Lipinski definition) is 2. The van der Waals surface area contributed by atoms with Crippen LogP contribution in [0.25, 0.3) is 0 Å². The van der Waals surface area contributed by atoms with E-state index < -0.39 is 0 Å². The maximum absolute atomic E-state index is 6.01. The minimum absolute atomic E-state index is 0.154. The molecule has 2 nitrogen and oxygen atoms in total. The van der Waals surface area contributed by atoms with Crippen LogP contribution < -0.4 is 5.73 Å². The summed E-state index contributed by atoms with van der Waals surface area (Å²) in [5.74, 6) is 1.50. The topological polar surface area (TPSA) is 29.3 Å². The van der Waals surface area contributed by atoms with Crippen LogP contribution in [0, 0.1) is 11.8 Å². The highest BCUT2D eigenvalue weighted by Crippen LogP contribution is 2.32. The molecule has 0 aromatic carbocycles. The molecule has 3 unspecified atom stereocenters. The molecule has 1 rings (SSSR count). The summed E-state index contributed by atoms with van der Waals surface area (Å²) >= 11 is 0. The molecule has 1 aliphatic rings. The Hall–Kier alpha value is -0.0800. The van der Waals surface area contributed by atoms with Crippen molar-refractivity contribution in [2.24, 2.45) is 17.6 Å². The number of rotatable bonds is 4. The molecular formula is C14H30N2. The third kappa shape index (κ3) is 2.78. The molecule has 0 saturated heterocycles. The second kappa shape index (κ2) is 5.50. The second-order valence-electron chi connectivity index (χ2n) is 6.25. The van der Waals surface area contributed by atoms with E-state index in [-0.39, 0.29) is 5.54 Å². The highest BCUT2D eigenvalue weighted by Gasteiger charge is 2.36. The van der Waals surface area contributed by atoms with Crippen LogP contribution in [-0.4, -0.2) is 30.1 Å². The van der Waals surface area contributed by atoms with Gasteiger partial charge in [0.2, 0.25) is 0 Å². The lowest BCUT2D eigenvalue weighted by atomic mass is 9.81. The molecule has 3 atom stereocenters. The maximum Gasteiger partial charge on any atom is 0.0326 e. The van der Waals surface area contributed by atoms with Crippen molar-refractivity contribution >= 4 is 0 Å². The monoisotopic (exact) mass is 226 g/mol. The average molecular weight is 226 g/mol. The zero-order valence-corrected chi connectivity index (χ0v) is 11.8. The minimum Gasteiger partial charge on any atom is -0.329 e. The van der Waals surface area contributed by atoms with Gasteiger partial charge in [-0.1, -0.05) is 33.6 Å². The summed E-state index contributed by atoms with van der Waals surface area (Å²) in [6, 6.07) is 0.736. The van der Waals surface area contributed by atoms with Gasteiger partial charge in [0.25, 0.3) is 0 Å². The van der Waals surface area contributed by atoms with Crippen molar-refractivity contribution < 1.29 is 0 Å². The summed E-state index contributed by atoms with van der Waals surface area (Å²) in [7, 11) is 2.27. The molecule has 1 saturated carbocycles. The number of nitrogens with zero attached hydrogens (tertiary/aromatic N) is 1. The van der Waals surface area contributed by atoms with E-state index in [9.17, 15) is 0 Å². The van der Waals surface area contributed by atoms with Crippen LogP contribution in [0.15, 0.2) is 0 Å². The van der Waals surface area contributed by atoms with Gasteiger partial charge in [-0.05, 0) is 38.6 Å². The molecule has 16 heavy (non-hydrogen) atoms. The molecule has 0 aromatic heterocycles. The summed E-state index contributed by atoms with van der Waals surface area (Å²) in [6.07, 6.45) is 5.49. The lowest BCUT2D eigenvalue weighted by molar-refractivity contribution is 0.0279. The Labute approximate surface area is 102 Å². The number of likely N-dealkylation sites (N-methyl/N-ethyl adjacent to an activating group) is 1. The first-order valence-electron chi connectivity index (χ1n) is 6.84. The Kier molecular flexibility index (Phi) is 4.81. The molecule has 1 fully saturated rings. The highest BCUT2D eigenvalue weighted by atomic mass is 15.2. The van der Waals surface area contributed by atoms with Gasteiger partial charge in [0.15, 0.2) is 0 Å². The van der Waals surface area contributed by atoms with Crippen molar-refractivity contribution in [3.8, 4) is 0 Å². The maximum atomic E-state index is 6.01. The zero-order valence-electron chi connectivity index (χ0n) is 11.8. The first-order valence-corrected chi connectivity index (χ1v) is 6.84. The Morgan fingerprint density at radius 3 is 2.44 bits per heavy atom. The van der Waals surface area contributed by atoms with Crippen molar-refractivity contribution in [2.75, 3.05) is 13.6 Å². The van der Waals surface area contributed by atoms with Gasteiger partial charge in [-0.3, -0.25) is 4.90 Å². The van der Waals surface area contributed by atoms with E-state index in [1.807, 2.05) is 0 Å². The molecule has 0 heterocycles. The Bertz CT molecular complexity index is 215. The normalized spacial score (nSPS) is 30.8. The van der Waals surface area contributed by atoms with Crippen LogP contribution in [0.2, 0.25) is 0 Å². The van der Waals surface area contributed by atoms with Crippen LogP contribution in [-0.2, 0) is 0 Å². The minimum atomic E-state index is 0.154. The fraction of sp³-hybridized carbons (Fsp3) is 1.00. The van der Waals surface area contributed by atoms with Gasteiger partial charge in [0.05, 0.1) is 0 Å². The summed E-state index contributed by atoms with van der Waals surface area (Å²) in [5, 5.41) is 0. The molecule has 0 aromatic rings. The first-order chi connectivity index (χ1) is 7.41. The van der Waals surface area contributed by atoms with Gasteiger partial charge in [0, 0.05) is 18.1 Å². The van der Waals surface area contributed by atoms with E-state index in [1.54, 1.807) is 0 Å². The predicted molar refractivity (Wildman–Crippen MR) is 71.5 cm³/mol. The zero-order chi connectivity index (χ0) is 12.3. The molecular weight excluding hydrogens is 196 g/mol. The van der Waals surface area contributed by atoms with E-state index in [1.165, 1.54) is 25.7 Å². The summed E-state index contributed by atoms with van der Waals surface area (Å²) < 4.78 is 0. The smallest absolute Gasteiger partial charge is 0.0326 e. The number of hydrogen-bond donors (Lipinski definition) is 1. The SMILES string of the molecule is CC1CCCC(N(C)C(C)(CN)C(C)C)C1. The second-order valence-corrected chi connectivity index (χ2v) is 6.25. The lowest BCUT2D eigenvalue weighted by Gasteiger charge is -2.47. The molecule has 0 aliphatic heterocycles. The summed E-state index contributed by atoms with van der Waals surface area (Å²) in [5.41, 5.74) is 6.16. The van der Waals surface area contributed by atoms with Crippen molar-refractivity contribution in [3.05, 3.63) is 0 Å². The summed E-state index contributed by atoms with van der Waals surface area (Å²) in [6.45, 7) is 10.0. The lowest BCUT2D eigenvalue weighted by Crippen LogP contribution is -2.57. The van der Waals surface area contributed by atoms with E-state index >= 15 is 0 Å². The first kappa shape index (κ1) is 14.0. The molecule has 2 N–H and O–H groups in total. The molecule has 0 bridgehead atoms. The molecule has 0 amide bonds. The van der Waals surface area contributed by atoms with Gasteiger partial charge in [-0.15, -0.1) is 0 Å². The molecule has 1 aliphatic carbocycles. The largest absolute Gasteiger partial charge is 0.329 e. The van der Waals surface area contributed by atoms with E-state index in [0.717, 1.165) is 18.5 Å². The Morgan fingerprint density at radius 2 is 2.00 bits per heavy atom. The number of nitrogens with two attached hydrogens (primary N) is 1. The summed E-state index contributed by atoms with van der Waals surface area (Å²) in [4.78, 5) is 2.56. The van der Waals surface area contributed by atoms with Crippen molar-refractivity contribution in [3.63, 3.8) is 0 Å². The van der Waals surface area contributed by atoms with Crippen molar-refractivity contribution in [1.29, 1.82) is 0 Å². The third-order valence-corrected chi connectivity index (χ3v) is 4.92. The van der Waals surface area contributed by atoms with Gasteiger partial charge >= 0.3 is 0 Å². The fourth-order valence-electron chi connectivity index (χ4n) is 2.96.